The highest BCUT2D eigenvalue weighted by molar-refractivity contribution is 7.89. The Kier molecular flexibility index (Phi) is 5.61. The van der Waals surface area contributed by atoms with E-state index < -0.39 is 9.84 Å². The number of hydrogen-bond donors (Lipinski definition) is 0. The van der Waals surface area contributed by atoms with Gasteiger partial charge in [0.05, 0.1) is 24.3 Å². The molecule has 0 aliphatic heterocycles. The number of rotatable bonds is 6. The highest BCUT2D eigenvalue weighted by Crippen LogP contribution is 2.24. The standard InChI is InChI=1S/C22H25NO4S/c1-22(2,3)18-9-5-16(6-10-18)14-28(24,25)15-19-13-27-21(23-19)17-7-11-20(26-4)12-8-17/h5-13H,14-15H2,1-4H3. The number of sulfone groups is 1. The van der Waals surface area contributed by atoms with E-state index in [-0.39, 0.29) is 16.9 Å². The minimum Gasteiger partial charge on any atom is -0.497 e. The van der Waals surface area contributed by atoms with Gasteiger partial charge in [-0.25, -0.2) is 13.4 Å². The van der Waals surface area contributed by atoms with Crippen LogP contribution in [0.1, 0.15) is 37.6 Å². The molecule has 1 aromatic heterocycles. The second-order valence-electron chi connectivity index (χ2n) is 7.85. The second kappa shape index (κ2) is 7.80. The summed E-state index contributed by atoms with van der Waals surface area (Å²) in [4.78, 5) is 4.32. The van der Waals surface area contributed by atoms with Crippen molar-refractivity contribution >= 4 is 9.84 Å². The maximum absolute atomic E-state index is 12.6. The van der Waals surface area contributed by atoms with E-state index in [1.807, 2.05) is 36.4 Å². The molecule has 0 N–H and O–H groups in total. The van der Waals surface area contributed by atoms with Gasteiger partial charge in [0.15, 0.2) is 9.84 Å². The number of ether oxygens (including phenoxy) is 1. The fourth-order valence-electron chi connectivity index (χ4n) is 2.87. The number of oxazole rings is 1. The summed E-state index contributed by atoms with van der Waals surface area (Å²) in [6.07, 6.45) is 1.40. The van der Waals surface area contributed by atoms with E-state index in [1.165, 1.54) is 11.8 Å². The Morgan fingerprint density at radius 1 is 0.964 bits per heavy atom. The van der Waals surface area contributed by atoms with Crippen LogP contribution in [-0.2, 0) is 26.8 Å². The molecule has 0 amide bonds. The predicted octanol–water partition coefficient (Wildman–Crippen LogP) is 4.76. The van der Waals surface area contributed by atoms with Crippen molar-refractivity contribution in [3.63, 3.8) is 0 Å². The van der Waals surface area contributed by atoms with Gasteiger partial charge in [-0.2, -0.15) is 0 Å². The maximum Gasteiger partial charge on any atom is 0.226 e. The molecule has 0 fully saturated rings. The molecule has 0 aliphatic carbocycles. The molecule has 6 heteroatoms. The molecule has 3 rings (SSSR count). The molecular formula is C22H25NO4S. The lowest BCUT2D eigenvalue weighted by Crippen LogP contribution is -2.11. The summed E-state index contributed by atoms with van der Waals surface area (Å²) in [6, 6.07) is 15.0. The molecule has 0 unspecified atom stereocenters. The van der Waals surface area contributed by atoms with Gasteiger partial charge in [0.1, 0.15) is 12.0 Å². The number of nitrogens with zero attached hydrogens (tertiary/aromatic N) is 1. The number of benzene rings is 2. The first-order valence-electron chi connectivity index (χ1n) is 9.05. The van der Waals surface area contributed by atoms with Gasteiger partial charge in [-0.1, -0.05) is 45.0 Å². The Morgan fingerprint density at radius 2 is 1.61 bits per heavy atom. The average Bonchev–Trinajstić information content (AvgIpc) is 3.08. The SMILES string of the molecule is COc1ccc(-c2nc(CS(=O)(=O)Cc3ccc(C(C)(C)C)cc3)co2)cc1. The fraction of sp³-hybridized carbons (Fsp3) is 0.318. The third-order valence-electron chi connectivity index (χ3n) is 4.46. The van der Waals surface area contributed by atoms with E-state index in [4.69, 9.17) is 9.15 Å². The first-order chi connectivity index (χ1) is 13.2. The van der Waals surface area contributed by atoms with Crippen LogP contribution in [0.4, 0.5) is 0 Å². The minimum atomic E-state index is -3.36. The Bertz CT molecular complexity index is 1030. The minimum absolute atomic E-state index is 0.0256. The summed E-state index contributed by atoms with van der Waals surface area (Å²) in [5, 5.41) is 0. The second-order valence-corrected chi connectivity index (χ2v) is 9.92. The molecule has 148 valence electrons. The predicted molar refractivity (Wildman–Crippen MR) is 110 cm³/mol. The summed E-state index contributed by atoms with van der Waals surface area (Å²) in [6.45, 7) is 6.39. The van der Waals surface area contributed by atoms with Gasteiger partial charge in [0, 0.05) is 5.56 Å². The van der Waals surface area contributed by atoms with Gasteiger partial charge in [-0.15, -0.1) is 0 Å². The van der Waals surface area contributed by atoms with E-state index in [2.05, 4.69) is 25.8 Å². The monoisotopic (exact) mass is 399 g/mol. The molecule has 0 spiro atoms. The molecule has 0 atom stereocenters. The zero-order valence-electron chi connectivity index (χ0n) is 16.6. The number of hydrogen-bond acceptors (Lipinski definition) is 5. The Hall–Kier alpha value is -2.60. The number of methoxy groups -OCH3 is 1. The molecule has 5 nitrogen and oxygen atoms in total. The van der Waals surface area contributed by atoms with Gasteiger partial charge < -0.3 is 9.15 Å². The lowest BCUT2D eigenvalue weighted by atomic mass is 9.87. The van der Waals surface area contributed by atoms with Gasteiger partial charge in [0.2, 0.25) is 5.89 Å². The lowest BCUT2D eigenvalue weighted by Gasteiger charge is -2.19. The molecule has 1 heterocycles. The van der Waals surface area contributed by atoms with Gasteiger partial charge in [0.25, 0.3) is 0 Å². The van der Waals surface area contributed by atoms with E-state index >= 15 is 0 Å². The van der Waals surface area contributed by atoms with Crippen LogP contribution in [0.15, 0.2) is 59.2 Å². The topological polar surface area (TPSA) is 69.4 Å². The molecule has 0 bridgehead atoms. The van der Waals surface area contributed by atoms with Crippen LogP contribution in [-0.4, -0.2) is 20.5 Å². The van der Waals surface area contributed by atoms with Crippen molar-refractivity contribution in [1.82, 2.24) is 4.98 Å². The maximum atomic E-state index is 12.6. The summed E-state index contributed by atoms with van der Waals surface area (Å²) >= 11 is 0. The smallest absolute Gasteiger partial charge is 0.226 e. The zero-order valence-corrected chi connectivity index (χ0v) is 17.4. The Balaban J connectivity index is 1.69. The summed E-state index contributed by atoms with van der Waals surface area (Å²) < 4.78 is 35.7. The van der Waals surface area contributed by atoms with E-state index in [0.717, 1.165) is 16.9 Å². The van der Waals surface area contributed by atoms with Crippen molar-refractivity contribution in [2.45, 2.75) is 37.7 Å². The van der Waals surface area contributed by atoms with Gasteiger partial charge in [-0.05, 0) is 40.8 Å². The molecule has 0 aliphatic rings. The van der Waals surface area contributed by atoms with Crippen LogP contribution < -0.4 is 4.74 Å². The van der Waals surface area contributed by atoms with Crippen LogP contribution >= 0.6 is 0 Å². The van der Waals surface area contributed by atoms with Gasteiger partial charge >= 0.3 is 0 Å². The van der Waals surface area contributed by atoms with Crippen molar-refractivity contribution in [2.75, 3.05) is 7.11 Å². The molecule has 3 aromatic rings. The number of aromatic nitrogens is 1. The van der Waals surface area contributed by atoms with Crippen LogP contribution in [0, 0.1) is 0 Å². The van der Waals surface area contributed by atoms with Crippen LogP contribution in [0.3, 0.4) is 0 Å². The largest absolute Gasteiger partial charge is 0.497 e. The van der Waals surface area contributed by atoms with Crippen LogP contribution in [0.25, 0.3) is 11.5 Å². The molecular weight excluding hydrogens is 374 g/mol. The van der Waals surface area contributed by atoms with Crippen LogP contribution in [0.5, 0.6) is 5.75 Å². The van der Waals surface area contributed by atoms with Crippen LogP contribution in [0.2, 0.25) is 0 Å². The third kappa shape index (κ3) is 5.01. The van der Waals surface area contributed by atoms with E-state index in [9.17, 15) is 8.42 Å². The summed E-state index contributed by atoms with van der Waals surface area (Å²) in [5.41, 5.74) is 3.15. The summed E-state index contributed by atoms with van der Waals surface area (Å²) in [7, 11) is -1.76. The van der Waals surface area contributed by atoms with Crippen molar-refractivity contribution in [3.8, 4) is 17.2 Å². The zero-order chi connectivity index (χ0) is 20.4. The highest BCUT2D eigenvalue weighted by atomic mass is 32.2. The Labute approximate surface area is 166 Å². The van der Waals surface area contributed by atoms with E-state index in [1.54, 1.807) is 19.2 Å². The molecule has 2 aromatic carbocycles. The van der Waals surface area contributed by atoms with Crippen molar-refractivity contribution in [1.29, 1.82) is 0 Å². The first-order valence-corrected chi connectivity index (χ1v) is 10.9. The summed E-state index contributed by atoms with van der Waals surface area (Å²) in [5.74, 6) is 0.938. The van der Waals surface area contributed by atoms with E-state index in [0.29, 0.717) is 11.6 Å². The van der Waals surface area contributed by atoms with Crippen molar-refractivity contribution < 1.29 is 17.6 Å². The molecule has 0 radical (unpaired) electrons. The molecule has 28 heavy (non-hydrogen) atoms. The normalized spacial score (nSPS) is 12.1. The lowest BCUT2D eigenvalue weighted by molar-refractivity contribution is 0.415. The quantitative estimate of drug-likeness (QED) is 0.597. The average molecular weight is 400 g/mol. The Morgan fingerprint density at radius 3 is 2.18 bits per heavy atom. The van der Waals surface area contributed by atoms with Crippen molar-refractivity contribution in [2.24, 2.45) is 0 Å². The fourth-order valence-corrected chi connectivity index (χ4v) is 4.26. The highest BCUT2D eigenvalue weighted by Gasteiger charge is 2.18. The van der Waals surface area contributed by atoms with Crippen molar-refractivity contribution in [3.05, 3.63) is 71.6 Å². The molecule has 0 saturated carbocycles. The first kappa shape index (κ1) is 20.1. The van der Waals surface area contributed by atoms with Gasteiger partial charge in [-0.3, -0.25) is 0 Å². The molecule has 0 saturated heterocycles. The third-order valence-corrected chi connectivity index (χ3v) is 5.97.